The number of carbonyl (C=O) groups is 1. The van der Waals surface area contributed by atoms with E-state index in [1.165, 1.54) is 6.07 Å². The second-order valence-corrected chi connectivity index (χ2v) is 8.73. The highest BCUT2D eigenvalue weighted by Crippen LogP contribution is 2.34. The van der Waals surface area contributed by atoms with E-state index in [1.807, 2.05) is 15.9 Å². The molecule has 1 aromatic rings. The summed E-state index contributed by atoms with van der Waals surface area (Å²) in [5, 5.41) is 8.71. The summed E-state index contributed by atoms with van der Waals surface area (Å²) < 4.78 is 39.2. The fourth-order valence-electron chi connectivity index (χ4n) is 4.31. The van der Waals surface area contributed by atoms with Crippen molar-refractivity contribution in [3.05, 3.63) is 28.8 Å². The van der Waals surface area contributed by atoms with Crippen molar-refractivity contribution >= 4 is 23.2 Å². The van der Waals surface area contributed by atoms with Crippen molar-refractivity contribution < 1.29 is 18.0 Å². The normalized spacial score (nSPS) is 18.8. The summed E-state index contributed by atoms with van der Waals surface area (Å²) >= 11 is 5.92. The van der Waals surface area contributed by atoms with E-state index in [2.05, 4.69) is 4.90 Å². The van der Waals surface area contributed by atoms with Crippen LogP contribution >= 0.6 is 11.6 Å². The maximum atomic E-state index is 13.1. The molecule has 0 radical (unpaired) electrons. The average molecular weight is 457 g/mol. The second kappa shape index (κ2) is 10.6. The third-order valence-corrected chi connectivity index (χ3v) is 6.44. The zero-order valence-electron chi connectivity index (χ0n) is 17.5. The molecule has 1 amide bonds. The van der Waals surface area contributed by atoms with E-state index in [0.717, 1.165) is 58.1 Å². The van der Waals surface area contributed by atoms with Gasteiger partial charge in [0.25, 0.3) is 0 Å². The summed E-state index contributed by atoms with van der Waals surface area (Å²) in [6, 6.07) is 5.75. The maximum absolute atomic E-state index is 13.1. The van der Waals surface area contributed by atoms with Gasteiger partial charge in [-0.3, -0.25) is 9.69 Å². The standard InChI is InChI=1S/C22H28ClF3N4O/c23-19-14-18(22(24,25)26)15-20(16-19)29-12-10-28(11-13-29)7-3-17-4-8-30(9-5-17)21(31)2-1-6-27/h14-17H,1-5,7-13H2. The number of amides is 1. The molecule has 5 nitrogen and oxygen atoms in total. The predicted octanol–water partition coefficient (Wildman–Crippen LogP) is 4.41. The van der Waals surface area contributed by atoms with Crippen molar-refractivity contribution in [3.63, 3.8) is 0 Å². The molecule has 0 atom stereocenters. The number of alkyl halides is 3. The van der Waals surface area contributed by atoms with Gasteiger partial charge >= 0.3 is 6.18 Å². The number of anilines is 1. The lowest BCUT2D eigenvalue weighted by Gasteiger charge is -2.38. The number of benzene rings is 1. The Balaban J connectivity index is 1.41. The van der Waals surface area contributed by atoms with Gasteiger partial charge < -0.3 is 9.80 Å². The Hall–Kier alpha value is -1.98. The van der Waals surface area contributed by atoms with Crippen LogP contribution in [0.4, 0.5) is 18.9 Å². The third-order valence-electron chi connectivity index (χ3n) is 6.22. The molecule has 3 rings (SSSR count). The summed E-state index contributed by atoms with van der Waals surface area (Å²) in [6.07, 6.45) is -0.783. The van der Waals surface area contributed by atoms with Crippen molar-refractivity contribution in [1.82, 2.24) is 9.80 Å². The smallest absolute Gasteiger partial charge is 0.369 e. The predicted molar refractivity (Wildman–Crippen MR) is 114 cm³/mol. The van der Waals surface area contributed by atoms with Gasteiger partial charge in [-0.1, -0.05) is 11.6 Å². The summed E-state index contributed by atoms with van der Waals surface area (Å²) in [7, 11) is 0. The first kappa shape index (κ1) is 23.7. The highest BCUT2D eigenvalue weighted by molar-refractivity contribution is 6.31. The molecule has 2 heterocycles. The molecule has 170 valence electrons. The Labute approximate surface area is 186 Å². The fraction of sp³-hybridized carbons (Fsp3) is 0.636. The second-order valence-electron chi connectivity index (χ2n) is 8.30. The number of rotatable bonds is 6. The van der Waals surface area contributed by atoms with Crippen LogP contribution in [-0.4, -0.2) is 61.5 Å². The molecule has 0 aromatic heterocycles. The lowest BCUT2D eigenvalue weighted by Crippen LogP contribution is -2.47. The molecule has 2 saturated heterocycles. The Morgan fingerprint density at radius 3 is 2.39 bits per heavy atom. The van der Waals surface area contributed by atoms with Crippen LogP contribution < -0.4 is 4.90 Å². The fourth-order valence-corrected chi connectivity index (χ4v) is 4.54. The van der Waals surface area contributed by atoms with Gasteiger partial charge in [0.05, 0.1) is 11.6 Å². The highest BCUT2D eigenvalue weighted by Gasteiger charge is 2.32. The van der Waals surface area contributed by atoms with E-state index in [9.17, 15) is 18.0 Å². The molecule has 31 heavy (non-hydrogen) atoms. The van der Waals surface area contributed by atoms with Gasteiger partial charge in [0.1, 0.15) is 0 Å². The number of carbonyl (C=O) groups excluding carboxylic acids is 1. The zero-order chi connectivity index (χ0) is 22.4. The number of piperazine rings is 1. The number of hydrogen-bond acceptors (Lipinski definition) is 4. The molecule has 2 fully saturated rings. The maximum Gasteiger partial charge on any atom is 0.416 e. The van der Waals surface area contributed by atoms with Crippen LogP contribution in [-0.2, 0) is 11.0 Å². The average Bonchev–Trinajstić information content (AvgIpc) is 2.75. The molecule has 9 heteroatoms. The quantitative estimate of drug-likeness (QED) is 0.636. The van der Waals surface area contributed by atoms with Gasteiger partial charge in [-0.15, -0.1) is 0 Å². The number of likely N-dealkylation sites (tertiary alicyclic amines) is 1. The topological polar surface area (TPSA) is 50.6 Å². The number of piperidine rings is 1. The number of nitriles is 1. The zero-order valence-corrected chi connectivity index (χ0v) is 18.3. The Kier molecular flexibility index (Phi) is 8.06. The van der Waals surface area contributed by atoms with Crippen LogP contribution in [0, 0.1) is 17.2 Å². The van der Waals surface area contributed by atoms with Crippen molar-refractivity contribution in [1.29, 1.82) is 5.26 Å². The molecule has 2 aliphatic rings. The first-order chi connectivity index (χ1) is 14.8. The van der Waals surface area contributed by atoms with Crippen molar-refractivity contribution in [2.45, 2.75) is 38.3 Å². The molecule has 0 bridgehead atoms. The van der Waals surface area contributed by atoms with Gasteiger partial charge in [0.2, 0.25) is 5.91 Å². The number of hydrogen-bond donors (Lipinski definition) is 0. The molecule has 0 unspecified atom stereocenters. The minimum atomic E-state index is -4.41. The summed E-state index contributed by atoms with van der Waals surface area (Å²) in [4.78, 5) is 18.2. The first-order valence-electron chi connectivity index (χ1n) is 10.8. The van der Waals surface area contributed by atoms with Gasteiger partial charge in [-0.2, -0.15) is 18.4 Å². The summed E-state index contributed by atoms with van der Waals surface area (Å²) in [5.74, 6) is 0.658. The minimum Gasteiger partial charge on any atom is -0.369 e. The van der Waals surface area contributed by atoms with E-state index < -0.39 is 11.7 Å². The van der Waals surface area contributed by atoms with Gasteiger partial charge in [0, 0.05) is 62.8 Å². The van der Waals surface area contributed by atoms with E-state index in [1.54, 1.807) is 6.07 Å². The van der Waals surface area contributed by atoms with Crippen molar-refractivity contribution in [2.75, 3.05) is 50.7 Å². The molecular weight excluding hydrogens is 429 g/mol. The molecule has 0 spiro atoms. The van der Waals surface area contributed by atoms with E-state index in [-0.39, 0.29) is 17.4 Å². The van der Waals surface area contributed by atoms with Crippen LogP contribution in [0.15, 0.2) is 18.2 Å². The van der Waals surface area contributed by atoms with Crippen LogP contribution in [0.1, 0.15) is 37.7 Å². The molecule has 0 saturated carbocycles. The Morgan fingerprint density at radius 2 is 1.77 bits per heavy atom. The minimum absolute atomic E-state index is 0.0748. The van der Waals surface area contributed by atoms with Crippen LogP contribution in [0.3, 0.4) is 0 Å². The van der Waals surface area contributed by atoms with E-state index in [4.69, 9.17) is 16.9 Å². The highest BCUT2D eigenvalue weighted by atomic mass is 35.5. The monoisotopic (exact) mass is 456 g/mol. The third kappa shape index (κ3) is 6.75. The van der Waals surface area contributed by atoms with Crippen LogP contribution in [0.5, 0.6) is 0 Å². The molecular formula is C22H28ClF3N4O. The Bertz CT molecular complexity index is 795. The van der Waals surface area contributed by atoms with Crippen molar-refractivity contribution in [3.8, 4) is 6.07 Å². The van der Waals surface area contributed by atoms with Crippen LogP contribution in [0.25, 0.3) is 0 Å². The van der Waals surface area contributed by atoms with E-state index in [0.29, 0.717) is 31.1 Å². The van der Waals surface area contributed by atoms with Gasteiger partial charge in [-0.25, -0.2) is 0 Å². The number of halogens is 4. The lowest BCUT2D eigenvalue weighted by atomic mass is 9.93. The molecule has 0 N–H and O–H groups in total. The molecule has 2 aliphatic heterocycles. The van der Waals surface area contributed by atoms with Gasteiger partial charge in [-0.05, 0) is 49.9 Å². The Morgan fingerprint density at radius 1 is 1.10 bits per heavy atom. The summed E-state index contributed by atoms with van der Waals surface area (Å²) in [6.45, 7) is 5.44. The number of nitrogens with zero attached hydrogens (tertiary/aromatic N) is 4. The van der Waals surface area contributed by atoms with Crippen LogP contribution in [0.2, 0.25) is 5.02 Å². The van der Waals surface area contributed by atoms with Crippen molar-refractivity contribution in [2.24, 2.45) is 5.92 Å². The van der Waals surface area contributed by atoms with Gasteiger partial charge in [0.15, 0.2) is 0 Å². The SMILES string of the molecule is N#CCCC(=O)N1CCC(CCN2CCN(c3cc(Cl)cc(C(F)(F)F)c3)CC2)CC1. The van der Waals surface area contributed by atoms with E-state index >= 15 is 0 Å². The largest absolute Gasteiger partial charge is 0.416 e. The first-order valence-corrected chi connectivity index (χ1v) is 11.1. The summed E-state index contributed by atoms with van der Waals surface area (Å²) in [5.41, 5.74) is -0.192. The molecule has 0 aliphatic carbocycles. The molecule has 1 aromatic carbocycles. The lowest BCUT2D eigenvalue weighted by molar-refractivity contribution is -0.137.